The predicted molar refractivity (Wildman–Crippen MR) is 394 cm³/mol. The summed E-state index contributed by atoms with van der Waals surface area (Å²) in [4.78, 5) is 12.7. The molecule has 1 fully saturated rings. The molecule has 0 heterocycles. The molecule has 0 bridgehead atoms. The van der Waals surface area contributed by atoms with E-state index in [-0.39, 0.29) is 17.4 Å². The predicted octanol–water partition coefficient (Wildman–Crippen LogP) is 30.6. The monoisotopic (exact) mass is 1220 g/mol. The van der Waals surface area contributed by atoms with Gasteiger partial charge >= 0.3 is 0 Å². The molecule has 2 nitrogen and oxygen atoms in total. The summed E-state index contributed by atoms with van der Waals surface area (Å²) >= 11 is 0. The highest BCUT2D eigenvalue weighted by atomic mass is 16.3. The van der Waals surface area contributed by atoms with Gasteiger partial charge in [0.25, 0.3) is 0 Å². The number of rotatable bonds is 75. The van der Waals surface area contributed by atoms with Crippen LogP contribution in [-0.2, 0) is 4.79 Å². The van der Waals surface area contributed by atoms with Gasteiger partial charge in [0.15, 0.2) is 0 Å². The van der Waals surface area contributed by atoms with Crippen LogP contribution in [0.25, 0.3) is 0 Å². The fraction of sp³-hybridized carbons (Fsp3) is 0.988. The maximum Gasteiger partial charge on any atom is 0.135 e. The zero-order valence-electron chi connectivity index (χ0n) is 61.7. The van der Waals surface area contributed by atoms with Crippen molar-refractivity contribution in [2.24, 2.45) is 29.1 Å². The smallest absolute Gasteiger partial charge is 0.135 e. The lowest BCUT2D eigenvalue weighted by atomic mass is 9.73. The van der Waals surface area contributed by atoms with Crippen molar-refractivity contribution in [3.05, 3.63) is 0 Å². The van der Waals surface area contributed by atoms with E-state index in [4.69, 9.17) is 0 Å². The number of carbonyl (C=O) groups is 1. The molecule has 0 spiro atoms. The Morgan fingerprint density at radius 2 is 0.506 bits per heavy atom. The molecule has 0 saturated heterocycles. The normalized spacial score (nSPS) is 15.4. The number of Topliss-reactive ketones (excluding diaryl/α,β-unsaturated/α-hetero) is 1. The Kier molecular flexibility index (Phi) is 65.2. The van der Waals surface area contributed by atoms with E-state index in [9.17, 15) is 9.90 Å². The van der Waals surface area contributed by atoms with Crippen LogP contribution in [0.15, 0.2) is 0 Å². The van der Waals surface area contributed by atoms with Crippen LogP contribution in [0.2, 0.25) is 0 Å². The summed E-state index contributed by atoms with van der Waals surface area (Å²) in [6.45, 7) is 13.9. The summed E-state index contributed by atoms with van der Waals surface area (Å²) in [5, 5.41) is 11.3. The molecule has 87 heavy (non-hydrogen) atoms. The van der Waals surface area contributed by atoms with Crippen molar-refractivity contribution in [3.63, 3.8) is 0 Å². The van der Waals surface area contributed by atoms with Crippen molar-refractivity contribution in [2.45, 2.75) is 510 Å². The van der Waals surface area contributed by atoms with Crippen molar-refractivity contribution in [1.82, 2.24) is 0 Å². The number of unbranched alkanes of at least 4 members (excludes halogenated alkanes) is 61. The topological polar surface area (TPSA) is 37.3 Å². The summed E-state index contributed by atoms with van der Waals surface area (Å²) in [5.41, 5.74) is 0.201. The first-order valence-electron chi connectivity index (χ1n) is 41.9. The Bertz CT molecular complexity index is 1310. The molecular formula is C85H168O2. The first-order chi connectivity index (χ1) is 42.7. The average Bonchev–Trinajstić information content (AvgIpc) is 4.38. The number of aliphatic hydroxyl groups is 1. The molecule has 1 aliphatic carbocycles. The largest absolute Gasteiger partial charge is 0.393 e. The third kappa shape index (κ3) is 61.6. The van der Waals surface area contributed by atoms with Gasteiger partial charge in [-0.05, 0) is 55.3 Å². The van der Waals surface area contributed by atoms with Crippen LogP contribution in [0, 0.1) is 29.1 Å². The third-order valence-electron chi connectivity index (χ3n) is 21.9. The molecule has 2 unspecified atom stereocenters. The molecular weight excluding hydrogens is 1050 g/mol. The Morgan fingerprint density at radius 3 is 0.759 bits per heavy atom. The highest BCUT2D eigenvalue weighted by Crippen LogP contribution is 2.46. The van der Waals surface area contributed by atoms with Crippen LogP contribution in [0.5, 0.6) is 0 Å². The van der Waals surface area contributed by atoms with E-state index in [0.29, 0.717) is 11.7 Å². The first kappa shape index (κ1) is 84.6. The van der Waals surface area contributed by atoms with Gasteiger partial charge in [0.2, 0.25) is 0 Å². The van der Waals surface area contributed by atoms with Gasteiger partial charge in [0, 0.05) is 12.3 Å². The SMILES string of the molecule is CCCCCCCCCCCCCCCCCCCCCC[C@H]([C@H](O)CCCCCCCCCCCCCCC[C@@H]1CC1CCCCCCCCCCCCCCCCCCC(=O)C(C)CCCCCCCCCCCCCCCCCC)C(C)(C)C. The van der Waals surface area contributed by atoms with E-state index in [1.807, 2.05) is 0 Å². The lowest BCUT2D eigenvalue weighted by Gasteiger charge is -2.35. The molecule has 0 aromatic carbocycles. The van der Waals surface area contributed by atoms with Crippen LogP contribution in [0.4, 0.5) is 0 Å². The van der Waals surface area contributed by atoms with Crippen molar-refractivity contribution < 1.29 is 9.90 Å². The van der Waals surface area contributed by atoms with Crippen molar-refractivity contribution >= 4 is 5.78 Å². The quantitative estimate of drug-likeness (QED) is 0.0616. The fourth-order valence-electron chi connectivity index (χ4n) is 15.3. The standard InChI is InChI=1S/C85H168O2/c1-7-9-11-13-15-17-19-21-23-25-26-27-28-33-39-45-51-57-63-69-75-82(85(4,5)6)84(87)77-71-65-59-53-47-41-35-38-44-50-56-62-68-74-81-78-80(81)73-67-61-55-49-43-37-32-29-30-34-40-46-52-58-64-70-76-83(86)79(3)72-66-60-54-48-42-36-31-24-22-20-18-16-14-12-10-8-2/h79-82,84,87H,7-78H2,1-6H3/t79?,80?,81-,82-,84-/m1/s1. The lowest BCUT2D eigenvalue weighted by Crippen LogP contribution is -2.32. The molecule has 1 saturated carbocycles. The molecule has 0 aromatic heterocycles. The highest BCUT2D eigenvalue weighted by Gasteiger charge is 2.35. The summed E-state index contributed by atoms with van der Waals surface area (Å²) in [5.74, 6) is 3.46. The molecule has 0 radical (unpaired) electrons. The van der Waals surface area contributed by atoms with Gasteiger partial charge in [-0.2, -0.15) is 0 Å². The lowest BCUT2D eigenvalue weighted by molar-refractivity contribution is -0.122. The van der Waals surface area contributed by atoms with Gasteiger partial charge in [0.05, 0.1) is 6.10 Å². The first-order valence-corrected chi connectivity index (χ1v) is 41.9. The van der Waals surface area contributed by atoms with E-state index in [0.717, 1.165) is 37.5 Å². The maximum absolute atomic E-state index is 12.7. The van der Waals surface area contributed by atoms with Crippen molar-refractivity contribution in [1.29, 1.82) is 0 Å². The maximum atomic E-state index is 12.7. The summed E-state index contributed by atoms with van der Waals surface area (Å²) in [7, 11) is 0. The molecule has 1 N–H and O–H groups in total. The number of ketones is 1. The molecule has 1 aliphatic rings. The van der Waals surface area contributed by atoms with Gasteiger partial charge in [-0.15, -0.1) is 0 Å². The minimum absolute atomic E-state index is 0.117. The summed E-state index contributed by atoms with van der Waals surface area (Å²) in [6.07, 6.45) is 101. The zero-order valence-corrected chi connectivity index (χ0v) is 61.7. The van der Waals surface area contributed by atoms with Gasteiger partial charge in [0.1, 0.15) is 5.78 Å². The second-order valence-corrected chi connectivity index (χ2v) is 31.6. The van der Waals surface area contributed by atoms with Gasteiger partial charge in [-0.3, -0.25) is 4.79 Å². The number of hydrogen-bond donors (Lipinski definition) is 1. The van der Waals surface area contributed by atoms with Gasteiger partial charge in [-0.1, -0.05) is 465 Å². The Labute approximate surface area is 551 Å². The van der Waals surface area contributed by atoms with Gasteiger partial charge < -0.3 is 5.11 Å². The molecule has 1 rings (SSSR count). The molecule has 0 aromatic rings. The van der Waals surface area contributed by atoms with E-state index < -0.39 is 0 Å². The highest BCUT2D eigenvalue weighted by molar-refractivity contribution is 5.80. The van der Waals surface area contributed by atoms with Crippen LogP contribution in [0.1, 0.15) is 504 Å². The summed E-state index contributed by atoms with van der Waals surface area (Å²) in [6, 6.07) is 0. The Balaban J connectivity index is 1.77. The molecule has 520 valence electrons. The van der Waals surface area contributed by atoms with E-state index in [1.165, 1.54) is 430 Å². The van der Waals surface area contributed by atoms with E-state index in [2.05, 4.69) is 41.5 Å². The minimum atomic E-state index is -0.117. The number of aliphatic hydroxyl groups excluding tert-OH is 1. The van der Waals surface area contributed by atoms with E-state index in [1.54, 1.807) is 6.42 Å². The molecule has 0 aliphatic heterocycles. The fourth-order valence-corrected chi connectivity index (χ4v) is 15.3. The second-order valence-electron chi connectivity index (χ2n) is 31.6. The molecule has 5 atom stereocenters. The van der Waals surface area contributed by atoms with Crippen LogP contribution in [0.3, 0.4) is 0 Å². The Morgan fingerprint density at radius 1 is 0.299 bits per heavy atom. The van der Waals surface area contributed by atoms with Crippen molar-refractivity contribution in [3.8, 4) is 0 Å². The molecule has 2 heteroatoms. The second kappa shape index (κ2) is 67.1. The van der Waals surface area contributed by atoms with Crippen molar-refractivity contribution in [2.75, 3.05) is 0 Å². The van der Waals surface area contributed by atoms with Crippen LogP contribution < -0.4 is 0 Å². The Hall–Kier alpha value is -0.370. The van der Waals surface area contributed by atoms with Crippen LogP contribution in [-0.4, -0.2) is 17.0 Å². The van der Waals surface area contributed by atoms with Gasteiger partial charge in [-0.25, -0.2) is 0 Å². The number of hydrogen-bond acceptors (Lipinski definition) is 2. The van der Waals surface area contributed by atoms with Crippen LogP contribution >= 0.6 is 0 Å². The van der Waals surface area contributed by atoms with E-state index >= 15 is 0 Å². The average molecular weight is 1220 g/mol. The third-order valence-corrected chi connectivity index (χ3v) is 21.9. The number of carbonyl (C=O) groups excluding carboxylic acids is 1. The summed E-state index contributed by atoms with van der Waals surface area (Å²) < 4.78 is 0. The zero-order chi connectivity index (χ0) is 62.9. The minimum Gasteiger partial charge on any atom is -0.393 e. The molecule has 0 amide bonds.